The highest BCUT2D eigenvalue weighted by Gasteiger charge is 2.19. The monoisotopic (exact) mass is 350 g/mol. The third kappa shape index (κ3) is 6.40. The molecule has 126 valence electrons. The van der Waals surface area contributed by atoms with Crippen LogP contribution in [0.4, 0.5) is 0 Å². The Morgan fingerprint density at radius 2 is 1.52 bits per heavy atom. The van der Waals surface area contributed by atoms with Gasteiger partial charge in [0.15, 0.2) is 11.6 Å². The number of Topliss-reactive ketones (excluding diaryl/α,β-unsaturated/α-hetero) is 2. The molecular weight excluding hydrogens is 324 g/mol. The summed E-state index contributed by atoms with van der Waals surface area (Å²) in [5.41, 5.74) is 0.0655. The fourth-order valence-electron chi connectivity index (χ4n) is 1.80. The van der Waals surface area contributed by atoms with Crippen LogP contribution in [0.3, 0.4) is 0 Å². The Morgan fingerprint density at radius 3 is 1.96 bits per heavy atom. The minimum Gasteiger partial charge on any atom is -0.293 e. The van der Waals surface area contributed by atoms with Crippen molar-refractivity contribution in [3.8, 4) is 0 Å². The van der Waals surface area contributed by atoms with E-state index in [0.717, 1.165) is 9.75 Å². The molecule has 0 fully saturated rings. The number of hydrogen-bond acceptors (Lipinski definition) is 4. The predicted octanol–water partition coefficient (Wildman–Crippen LogP) is 6.37. The van der Waals surface area contributed by atoms with Gasteiger partial charge >= 0.3 is 0 Å². The third-order valence-electron chi connectivity index (χ3n) is 3.00. The van der Waals surface area contributed by atoms with Crippen molar-refractivity contribution in [1.82, 2.24) is 0 Å². The highest BCUT2D eigenvalue weighted by Crippen LogP contribution is 2.30. The van der Waals surface area contributed by atoms with Gasteiger partial charge in [0, 0.05) is 17.7 Å². The summed E-state index contributed by atoms with van der Waals surface area (Å²) in [4.78, 5) is 26.7. The lowest BCUT2D eigenvalue weighted by molar-refractivity contribution is 0.0921. The second-order valence-corrected chi connectivity index (χ2v) is 8.48. The molecule has 0 unspecified atom stereocenters. The summed E-state index contributed by atoms with van der Waals surface area (Å²) in [6.07, 6.45) is 1.84. The van der Waals surface area contributed by atoms with E-state index in [9.17, 15) is 9.59 Å². The number of thiophene rings is 2. The van der Waals surface area contributed by atoms with Gasteiger partial charge in [-0.3, -0.25) is 9.59 Å². The van der Waals surface area contributed by atoms with Crippen molar-refractivity contribution >= 4 is 34.2 Å². The molecule has 23 heavy (non-hydrogen) atoms. The second kappa shape index (κ2) is 9.14. The molecule has 2 aromatic rings. The molecule has 0 radical (unpaired) electrons. The van der Waals surface area contributed by atoms with Gasteiger partial charge in [-0.1, -0.05) is 47.1 Å². The van der Waals surface area contributed by atoms with Gasteiger partial charge in [-0.05, 0) is 29.0 Å². The van der Waals surface area contributed by atoms with E-state index in [-0.39, 0.29) is 17.0 Å². The zero-order valence-electron chi connectivity index (χ0n) is 14.6. The van der Waals surface area contributed by atoms with E-state index in [1.807, 2.05) is 23.6 Å². The average molecular weight is 351 g/mol. The van der Waals surface area contributed by atoms with Crippen molar-refractivity contribution in [2.75, 3.05) is 0 Å². The Labute approximate surface area is 147 Å². The molecule has 0 aromatic carbocycles. The van der Waals surface area contributed by atoms with Crippen LogP contribution in [0.25, 0.3) is 0 Å². The van der Waals surface area contributed by atoms with Gasteiger partial charge in [0.25, 0.3) is 0 Å². The maximum absolute atomic E-state index is 12.1. The molecule has 4 heteroatoms. The molecule has 0 saturated heterocycles. The zero-order valence-corrected chi connectivity index (χ0v) is 16.3. The minimum atomic E-state index is 0.0564. The predicted molar refractivity (Wildman–Crippen MR) is 101 cm³/mol. The van der Waals surface area contributed by atoms with Crippen LogP contribution in [0.5, 0.6) is 0 Å². The van der Waals surface area contributed by atoms with Gasteiger partial charge in [-0.25, -0.2) is 0 Å². The van der Waals surface area contributed by atoms with Crippen LogP contribution in [-0.2, 0) is 5.41 Å². The molecule has 0 spiro atoms. The van der Waals surface area contributed by atoms with E-state index in [2.05, 4.69) is 34.6 Å². The van der Waals surface area contributed by atoms with Crippen LogP contribution in [0.2, 0.25) is 0 Å². The highest BCUT2D eigenvalue weighted by molar-refractivity contribution is 7.14. The lowest BCUT2D eigenvalue weighted by Gasteiger charge is -2.15. The van der Waals surface area contributed by atoms with Crippen molar-refractivity contribution in [3.05, 3.63) is 44.3 Å². The van der Waals surface area contributed by atoms with Crippen molar-refractivity contribution < 1.29 is 9.59 Å². The van der Waals surface area contributed by atoms with Gasteiger partial charge in [-0.2, -0.15) is 0 Å². The van der Waals surface area contributed by atoms with Crippen molar-refractivity contribution in [2.45, 2.75) is 59.3 Å². The summed E-state index contributed by atoms with van der Waals surface area (Å²) in [7, 11) is 0. The molecular formula is C19H26O2S2. The van der Waals surface area contributed by atoms with E-state index in [1.165, 1.54) is 34.0 Å². The molecule has 2 aromatic heterocycles. The van der Waals surface area contributed by atoms with Gasteiger partial charge < -0.3 is 0 Å². The molecule has 0 atom stereocenters. The second-order valence-electron chi connectivity index (χ2n) is 6.44. The van der Waals surface area contributed by atoms with Gasteiger partial charge in [0.2, 0.25) is 0 Å². The Balaban J connectivity index is 0.000000816. The number of rotatable bonds is 5. The zero-order chi connectivity index (χ0) is 17.5. The average Bonchev–Trinajstić information content (AvgIpc) is 3.14. The Hall–Kier alpha value is -1.26. The van der Waals surface area contributed by atoms with Crippen LogP contribution in [0, 0.1) is 0 Å². The molecule has 0 aliphatic heterocycles. The maximum atomic E-state index is 12.1. The number of carbonyl (C=O) groups excluding carboxylic acids is 2. The Kier molecular flexibility index (Phi) is 7.86. The first-order chi connectivity index (χ1) is 10.8. The normalized spacial score (nSPS) is 10.8. The number of hydrogen-bond donors (Lipinski definition) is 0. The first-order valence-electron chi connectivity index (χ1n) is 7.99. The first-order valence-corrected chi connectivity index (χ1v) is 9.69. The minimum absolute atomic E-state index is 0.0564. The van der Waals surface area contributed by atoms with E-state index >= 15 is 0 Å². The third-order valence-corrected chi connectivity index (χ3v) is 5.46. The molecule has 2 rings (SSSR count). The van der Waals surface area contributed by atoms with Crippen LogP contribution in [0.15, 0.2) is 29.6 Å². The Bertz CT molecular complexity index is 616. The van der Waals surface area contributed by atoms with Crippen LogP contribution in [-0.4, -0.2) is 11.6 Å². The summed E-state index contributed by atoms with van der Waals surface area (Å²) < 4.78 is 0. The molecule has 2 nitrogen and oxygen atoms in total. The van der Waals surface area contributed by atoms with E-state index < -0.39 is 0 Å². The van der Waals surface area contributed by atoms with Gasteiger partial charge in [0.1, 0.15) is 0 Å². The Morgan fingerprint density at radius 1 is 0.957 bits per heavy atom. The summed E-state index contributed by atoms with van der Waals surface area (Å²) in [6.45, 7) is 10.6. The van der Waals surface area contributed by atoms with Gasteiger partial charge in [0.05, 0.1) is 9.75 Å². The van der Waals surface area contributed by atoms with Crippen LogP contribution >= 0.6 is 22.7 Å². The van der Waals surface area contributed by atoms with E-state index in [1.54, 1.807) is 6.07 Å². The lowest BCUT2D eigenvalue weighted by Crippen LogP contribution is -2.08. The number of ketones is 2. The van der Waals surface area contributed by atoms with E-state index in [0.29, 0.717) is 12.8 Å². The first kappa shape index (κ1) is 19.8. The SMILES string of the molecule is CC(C)(C)c1ccc(C(=O)CCC(=O)c2cccs2)s1.CCC. The molecule has 0 amide bonds. The molecule has 0 bridgehead atoms. The summed E-state index contributed by atoms with van der Waals surface area (Å²) in [5.74, 6) is 0.122. The molecule has 0 saturated carbocycles. The van der Waals surface area contributed by atoms with Gasteiger partial charge in [-0.15, -0.1) is 22.7 Å². The molecule has 0 aliphatic rings. The summed E-state index contributed by atoms with van der Waals surface area (Å²) in [5, 5.41) is 1.88. The van der Waals surface area contributed by atoms with Crippen molar-refractivity contribution in [2.24, 2.45) is 0 Å². The fraction of sp³-hybridized carbons (Fsp3) is 0.474. The standard InChI is InChI=1S/C16H18O2S2.C3H8/c1-16(2,3)15-9-8-14(20-15)12(18)7-6-11(17)13-5-4-10-19-13;1-3-2/h4-5,8-10H,6-7H2,1-3H3;3H2,1-2H3. The largest absolute Gasteiger partial charge is 0.293 e. The fourth-order valence-corrected chi connectivity index (χ4v) is 3.53. The van der Waals surface area contributed by atoms with E-state index in [4.69, 9.17) is 0 Å². The van der Waals surface area contributed by atoms with Crippen molar-refractivity contribution in [1.29, 1.82) is 0 Å². The number of carbonyl (C=O) groups is 2. The smallest absolute Gasteiger partial charge is 0.173 e. The lowest BCUT2D eigenvalue weighted by atomic mass is 9.95. The highest BCUT2D eigenvalue weighted by atomic mass is 32.1. The summed E-state index contributed by atoms with van der Waals surface area (Å²) in [6, 6.07) is 7.55. The topological polar surface area (TPSA) is 34.1 Å². The van der Waals surface area contributed by atoms with Crippen LogP contribution < -0.4 is 0 Å². The molecule has 0 aliphatic carbocycles. The quantitative estimate of drug-likeness (QED) is 0.587. The molecule has 2 heterocycles. The molecule has 0 N–H and O–H groups in total. The maximum Gasteiger partial charge on any atom is 0.173 e. The summed E-state index contributed by atoms with van der Waals surface area (Å²) >= 11 is 2.97. The van der Waals surface area contributed by atoms with Crippen LogP contribution in [0.1, 0.15) is 78.1 Å². The van der Waals surface area contributed by atoms with Crippen molar-refractivity contribution in [3.63, 3.8) is 0 Å².